The molecule has 0 atom stereocenters. The molecule has 1 saturated heterocycles. The fourth-order valence-electron chi connectivity index (χ4n) is 3.26. The van der Waals surface area contributed by atoms with Crippen LogP contribution in [0.3, 0.4) is 0 Å². The number of nitrogens with zero attached hydrogens (tertiary/aromatic N) is 1. The summed E-state index contributed by atoms with van der Waals surface area (Å²) in [5.41, 5.74) is 1.57. The van der Waals surface area contributed by atoms with E-state index in [1.54, 1.807) is 12.1 Å². The molecule has 1 heterocycles. The van der Waals surface area contributed by atoms with E-state index >= 15 is 0 Å². The summed E-state index contributed by atoms with van der Waals surface area (Å²) in [6.07, 6.45) is 4.64. The summed E-state index contributed by atoms with van der Waals surface area (Å²) in [5, 5.41) is 9.02. The van der Waals surface area contributed by atoms with Gasteiger partial charge in [0, 0.05) is 5.69 Å². The number of likely N-dealkylation sites (tertiary alicyclic amines) is 1. The van der Waals surface area contributed by atoms with Gasteiger partial charge in [0.05, 0.1) is 10.5 Å². The monoisotopic (exact) mass is 388 g/mol. The van der Waals surface area contributed by atoms with Crippen molar-refractivity contribution in [2.24, 2.45) is 0 Å². The normalized spacial score (nSPS) is 15.0. The van der Waals surface area contributed by atoms with Gasteiger partial charge in [-0.05, 0) is 81.2 Å². The third-order valence-corrected chi connectivity index (χ3v) is 6.11. The van der Waals surface area contributed by atoms with Crippen molar-refractivity contribution in [3.63, 3.8) is 0 Å². The van der Waals surface area contributed by atoms with Crippen LogP contribution >= 0.6 is 0 Å². The van der Waals surface area contributed by atoms with Crippen LogP contribution in [-0.4, -0.2) is 44.0 Å². The maximum absolute atomic E-state index is 12.5. The molecule has 0 amide bonds. The van der Waals surface area contributed by atoms with Crippen LogP contribution in [0.2, 0.25) is 0 Å². The first-order valence-corrected chi connectivity index (χ1v) is 10.6. The first-order chi connectivity index (χ1) is 12.9. The van der Waals surface area contributed by atoms with E-state index in [0.717, 1.165) is 25.5 Å². The second kappa shape index (κ2) is 8.54. The number of carbonyl (C=O) groups is 1. The predicted molar refractivity (Wildman–Crippen MR) is 105 cm³/mol. The lowest BCUT2D eigenvalue weighted by Gasteiger charge is -2.14. The summed E-state index contributed by atoms with van der Waals surface area (Å²) >= 11 is 0. The van der Waals surface area contributed by atoms with Gasteiger partial charge in [-0.3, -0.25) is 4.72 Å². The average molecular weight is 388 g/mol. The lowest BCUT2D eigenvalue weighted by molar-refractivity contribution is 0.0696. The number of anilines is 1. The number of aryl methyl sites for hydroxylation is 1. The van der Waals surface area contributed by atoms with Crippen molar-refractivity contribution in [1.82, 2.24) is 4.90 Å². The molecule has 1 aliphatic heterocycles. The highest BCUT2D eigenvalue weighted by atomic mass is 32.2. The zero-order valence-electron chi connectivity index (χ0n) is 15.1. The second-order valence-corrected chi connectivity index (χ2v) is 8.47. The summed E-state index contributed by atoms with van der Waals surface area (Å²) in [7, 11) is -3.83. The SMILES string of the molecule is O=C(O)c1cccc(S(=O)(=O)Nc2ccc(CCCN3CCCC3)cc2)c1. The smallest absolute Gasteiger partial charge is 0.335 e. The first-order valence-electron chi connectivity index (χ1n) is 9.11. The maximum atomic E-state index is 12.5. The minimum absolute atomic E-state index is 0.0637. The van der Waals surface area contributed by atoms with E-state index in [1.807, 2.05) is 12.1 Å². The molecule has 0 aliphatic carbocycles. The number of carboxylic acid groups (broad SMARTS) is 1. The molecule has 0 unspecified atom stereocenters. The van der Waals surface area contributed by atoms with Gasteiger partial charge in [0.25, 0.3) is 10.0 Å². The Labute approximate surface area is 159 Å². The number of hydrogen-bond donors (Lipinski definition) is 2. The number of aromatic carboxylic acids is 1. The summed E-state index contributed by atoms with van der Waals surface area (Å²) in [4.78, 5) is 13.4. The Kier molecular flexibility index (Phi) is 6.13. The van der Waals surface area contributed by atoms with Crippen molar-refractivity contribution in [3.05, 3.63) is 59.7 Å². The highest BCUT2D eigenvalue weighted by molar-refractivity contribution is 7.92. The van der Waals surface area contributed by atoms with Crippen LogP contribution in [-0.2, 0) is 16.4 Å². The van der Waals surface area contributed by atoms with Crippen molar-refractivity contribution < 1.29 is 18.3 Å². The molecule has 144 valence electrons. The highest BCUT2D eigenvalue weighted by Gasteiger charge is 2.16. The van der Waals surface area contributed by atoms with E-state index in [9.17, 15) is 13.2 Å². The molecule has 0 aromatic heterocycles. The Bertz CT molecular complexity index is 888. The van der Waals surface area contributed by atoms with Crippen LogP contribution in [0.15, 0.2) is 53.4 Å². The molecule has 0 radical (unpaired) electrons. The molecular weight excluding hydrogens is 364 g/mol. The molecule has 0 spiro atoms. The quantitative estimate of drug-likeness (QED) is 0.725. The van der Waals surface area contributed by atoms with E-state index < -0.39 is 16.0 Å². The van der Waals surface area contributed by atoms with Gasteiger partial charge < -0.3 is 10.0 Å². The standard InChI is InChI=1S/C20H24N2O4S/c23-20(24)17-6-3-7-19(15-17)27(25,26)21-18-10-8-16(9-11-18)5-4-14-22-12-1-2-13-22/h3,6-11,15,21H,1-2,4-5,12-14H2,(H,23,24). The maximum Gasteiger partial charge on any atom is 0.335 e. The van der Waals surface area contributed by atoms with Crippen molar-refractivity contribution >= 4 is 21.7 Å². The van der Waals surface area contributed by atoms with Crippen LogP contribution in [0.1, 0.15) is 35.2 Å². The van der Waals surface area contributed by atoms with Crippen molar-refractivity contribution in [1.29, 1.82) is 0 Å². The van der Waals surface area contributed by atoms with E-state index in [0.29, 0.717) is 5.69 Å². The lowest BCUT2D eigenvalue weighted by atomic mass is 10.1. The van der Waals surface area contributed by atoms with Gasteiger partial charge in [0.2, 0.25) is 0 Å². The molecule has 2 aromatic rings. The number of benzene rings is 2. The van der Waals surface area contributed by atoms with Gasteiger partial charge >= 0.3 is 5.97 Å². The van der Waals surface area contributed by atoms with Crippen molar-refractivity contribution in [3.8, 4) is 0 Å². The molecule has 3 rings (SSSR count). The van der Waals surface area contributed by atoms with E-state index in [-0.39, 0.29) is 10.5 Å². The number of hydrogen-bond acceptors (Lipinski definition) is 4. The molecule has 6 nitrogen and oxygen atoms in total. The molecule has 2 aromatic carbocycles. The van der Waals surface area contributed by atoms with Gasteiger partial charge in [-0.2, -0.15) is 0 Å². The number of rotatable bonds is 8. The summed E-state index contributed by atoms with van der Waals surface area (Å²) < 4.78 is 27.4. The van der Waals surface area contributed by atoms with Crippen LogP contribution in [0, 0.1) is 0 Å². The summed E-state index contributed by atoms with van der Waals surface area (Å²) in [5.74, 6) is -1.16. The Balaban J connectivity index is 1.59. The van der Waals surface area contributed by atoms with Crippen LogP contribution in [0.25, 0.3) is 0 Å². The third-order valence-electron chi connectivity index (χ3n) is 4.74. The fourth-order valence-corrected chi connectivity index (χ4v) is 4.37. The molecular formula is C20H24N2O4S. The van der Waals surface area contributed by atoms with E-state index in [1.165, 1.54) is 49.7 Å². The Morgan fingerprint density at radius 3 is 2.44 bits per heavy atom. The molecule has 2 N–H and O–H groups in total. The zero-order valence-corrected chi connectivity index (χ0v) is 15.9. The van der Waals surface area contributed by atoms with E-state index in [2.05, 4.69) is 9.62 Å². The average Bonchev–Trinajstić information content (AvgIpc) is 3.16. The molecule has 7 heteroatoms. The van der Waals surface area contributed by atoms with Gasteiger partial charge in [0.15, 0.2) is 0 Å². The highest BCUT2D eigenvalue weighted by Crippen LogP contribution is 2.18. The Morgan fingerprint density at radius 2 is 1.78 bits per heavy atom. The molecule has 0 bridgehead atoms. The van der Waals surface area contributed by atoms with Crippen LogP contribution < -0.4 is 4.72 Å². The molecule has 1 fully saturated rings. The topological polar surface area (TPSA) is 86.7 Å². The molecule has 0 saturated carbocycles. The van der Waals surface area contributed by atoms with Gasteiger partial charge in [-0.1, -0.05) is 18.2 Å². The first kappa shape index (κ1) is 19.4. The zero-order chi connectivity index (χ0) is 19.3. The predicted octanol–water partition coefficient (Wildman–Crippen LogP) is 3.21. The molecule has 27 heavy (non-hydrogen) atoms. The fraction of sp³-hybridized carbons (Fsp3) is 0.350. The lowest BCUT2D eigenvalue weighted by Crippen LogP contribution is -2.20. The summed E-state index contributed by atoms with van der Waals surface area (Å²) in [6, 6.07) is 12.6. The summed E-state index contributed by atoms with van der Waals surface area (Å²) in [6.45, 7) is 3.50. The van der Waals surface area contributed by atoms with Gasteiger partial charge in [-0.25, -0.2) is 13.2 Å². The molecule has 1 aliphatic rings. The number of nitrogens with one attached hydrogen (secondary N) is 1. The van der Waals surface area contributed by atoms with Crippen molar-refractivity contribution in [2.75, 3.05) is 24.4 Å². The third kappa shape index (κ3) is 5.30. The van der Waals surface area contributed by atoms with E-state index in [4.69, 9.17) is 5.11 Å². The van der Waals surface area contributed by atoms with Gasteiger partial charge in [-0.15, -0.1) is 0 Å². The Hall–Kier alpha value is -2.38. The largest absolute Gasteiger partial charge is 0.478 e. The minimum Gasteiger partial charge on any atom is -0.478 e. The second-order valence-electron chi connectivity index (χ2n) is 6.79. The minimum atomic E-state index is -3.83. The number of carboxylic acids is 1. The van der Waals surface area contributed by atoms with Crippen LogP contribution in [0.5, 0.6) is 0 Å². The van der Waals surface area contributed by atoms with Crippen LogP contribution in [0.4, 0.5) is 5.69 Å². The number of sulfonamides is 1. The van der Waals surface area contributed by atoms with Crippen molar-refractivity contribution in [2.45, 2.75) is 30.6 Å². The Morgan fingerprint density at radius 1 is 1.07 bits per heavy atom. The van der Waals surface area contributed by atoms with Gasteiger partial charge in [0.1, 0.15) is 0 Å².